The van der Waals surface area contributed by atoms with Crippen LogP contribution in [-0.4, -0.2) is 58.3 Å². The Labute approximate surface area is 179 Å². The Balaban J connectivity index is 1.27. The number of aliphatic hydroxyl groups excluding tert-OH is 1. The predicted octanol–water partition coefficient (Wildman–Crippen LogP) is 3.38. The van der Waals surface area contributed by atoms with E-state index in [1.54, 1.807) is 18.2 Å². The fourth-order valence-corrected chi connectivity index (χ4v) is 4.05. The van der Waals surface area contributed by atoms with Crippen molar-refractivity contribution in [3.8, 4) is 11.5 Å². The molecule has 1 saturated heterocycles. The van der Waals surface area contributed by atoms with Crippen molar-refractivity contribution >= 4 is 27.7 Å². The Morgan fingerprint density at radius 1 is 1.13 bits per heavy atom. The second kappa shape index (κ2) is 7.92. The van der Waals surface area contributed by atoms with Crippen LogP contribution in [0.5, 0.6) is 11.5 Å². The molecule has 0 spiro atoms. The fourth-order valence-electron chi connectivity index (χ4n) is 4.05. The van der Waals surface area contributed by atoms with E-state index < -0.39 is 6.10 Å². The van der Waals surface area contributed by atoms with Gasteiger partial charge in [-0.15, -0.1) is 0 Å². The summed E-state index contributed by atoms with van der Waals surface area (Å²) in [5, 5.41) is 12.6. The molecule has 0 saturated carbocycles. The summed E-state index contributed by atoms with van der Waals surface area (Å²) in [6, 6.07) is 17.0. The number of ether oxygens (including phenoxy) is 2. The first-order valence-electron chi connectivity index (χ1n) is 10.3. The van der Waals surface area contributed by atoms with Crippen LogP contribution in [0.4, 0.5) is 0 Å². The molecule has 5 rings (SSSR count). The highest BCUT2D eigenvalue weighted by atomic mass is 16.5. The molecule has 1 aliphatic rings. The Bertz CT molecular complexity index is 1250. The first-order chi connectivity index (χ1) is 15.1. The summed E-state index contributed by atoms with van der Waals surface area (Å²) in [5.74, 6) is 1.27. The number of benzene rings is 2. The summed E-state index contributed by atoms with van der Waals surface area (Å²) in [6.45, 7) is 0.721. The summed E-state index contributed by atoms with van der Waals surface area (Å²) in [5.41, 5.74) is 2.21. The maximum Gasteiger partial charge on any atom is 0.270 e. The molecule has 0 aliphatic carbocycles. The number of H-pyrrole nitrogens is 1. The molecule has 7 nitrogen and oxygen atoms in total. The van der Waals surface area contributed by atoms with Crippen molar-refractivity contribution in [2.75, 3.05) is 20.2 Å². The van der Waals surface area contributed by atoms with Crippen molar-refractivity contribution in [3.63, 3.8) is 0 Å². The largest absolute Gasteiger partial charge is 0.497 e. The summed E-state index contributed by atoms with van der Waals surface area (Å²) >= 11 is 0. The van der Waals surface area contributed by atoms with Gasteiger partial charge in [-0.3, -0.25) is 9.78 Å². The molecule has 158 valence electrons. The van der Waals surface area contributed by atoms with E-state index in [9.17, 15) is 9.90 Å². The number of aromatic nitrogens is 2. The number of carbonyl (C=O) groups excluding carboxylic acids is 1. The molecule has 0 bridgehead atoms. The minimum absolute atomic E-state index is 0.137. The van der Waals surface area contributed by atoms with Crippen LogP contribution in [0.15, 0.2) is 60.8 Å². The highest BCUT2D eigenvalue weighted by Crippen LogP contribution is 2.25. The average Bonchev–Trinajstić information content (AvgIpc) is 3.23. The van der Waals surface area contributed by atoms with Crippen molar-refractivity contribution in [1.82, 2.24) is 14.9 Å². The van der Waals surface area contributed by atoms with Gasteiger partial charge in [-0.25, -0.2) is 0 Å². The van der Waals surface area contributed by atoms with E-state index in [0.717, 1.165) is 27.6 Å². The highest BCUT2D eigenvalue weighted by molar-refractivity contribution is 5.98. The summed E-state index contributed by atoms with van der Waals surface area (Å²) in [6.07, 6.45) is 1.13. The van der Waals surface area contributed by atoms with E-state index in [0.29, 0.717) is 24.4 Å². The zero-order valence-electron chi connectivity index (χ0n) is 17.1. The third-order valence-corrected chi connectivity index (χ3v) is 5.73. The molecule has 1 fully saturated rings. The van der Waals surface area contributed by atoms with Gasteiger partial charge in [-0.1, -0.05) is 6.07 Å². The Morgan fingerprint density at radius 3 is 2.84 bits per heavy atom. The number of hydrogen-bond acceptors (Lipinski definition) is 5. The van der Waals surface area contributed by atoms with Gasteiger partial charge in [0, 0.05) is 41.5 Å². The van der Waals surface area contributed by atoms with Gasteiger partial charge in [0.15, 0.2) is 0 Å². The van der Waals surface area contributed by atoms with Gasteiger partial charge in [0.1, 0.15) is 29.4 Å². The standard InChI is InChI=1S/C24H23N3O4/c1-30-17-6-7-19-16(11-17)12-21(26-19)24(29)27-10-8-23(22(28)14-27)31-18-5-4-15-3-2-9-25-20(15)13-18/h2-7,9,11-13,22-23,26,28H,8,10,14H2,1H3/t22-,23-/m1/s1. The van der Waals surface area contributed by atoms with E-state index >= 15 is 0 Å². The molecule has 1 aliphatic heterocycles. The van der Waals surface area contributed by atoms with E-state index in [1.807, 2.05) is 54.6 Å². The Hall–Kier alpha value is -3.58. The van der Waals surface area contributed by atoms with E-state index in [1.165, 1.54) is 0 Å². The lowest BCUT2D eigenvalue weighted by molar-refractivity contribution is -0.0199. The molecule has 2 aromatic carbocycles. The first-order valence-corrected chi connectivity index (χ1v) is 10.3. The number of aliphatic hydroxyl groups is 1. The zero-order valence-corrected chi connectivity index (χ0v) is 17.1. The lowest BCUT2D eigenvalue weighted by Gasteiger charge is -2.35. The molecule has 3 heterocycles. The van der Waals surface area contributed by atoms with Crippen LogP contribution in [0.1, 0.15) is 16.9 Å². The number of piperidine rings is 1. The van der Waals surface area contributed by atoms with Gasteiger partial charge in [0.05, 0.1) is 19.2 Å². The number of fused-ring (bicyclic) bond motifs is 2. The third-order valence-electron chi connectivity index (χ3n) is 5.73. The normalized spacial score (nSPS) is 19.0. The molecule has 0 radical (unpaired) electrons. The van der Waals surface area contributed by atoms with Crippen LogP contribution in [0, 0.1) is 0 Å². The highest BCUT2D eigenvalue weighted by Gasteiger charge is 2.32. The molecular weight excluding hydrogens is 394 g/mol. The van der Waals surface area contributed by atoms with Gasteiger partial charge in [0.2, 0.25) is 0 Å². The molecule has 31 heavy (non-hydrogen) atoms. The number of β-amino-alcohol motifs (C(OH)–C–C–N with tert-alkyl or cyclic N) is 1. The number of aromatic amines is 1. The molecule has 4 aromatic rings. The molecule has 0 unspecified atom stereocenters. The van der Waals surface area contributed by atoms with Crippen molar-refractivity contribution in [2.24, 2.45) is 0 Å². The van der Waals surface area contributed by atoms with Gasteiger partial charge < -0.3 is 24.5 Å². The molecular formula is C24H23N3O4. The minimum atomic E-state index is -0.776. The van der Waals surface area contributed by atoms with Crippen molar-refractivity contribution in [2.45, 2.75) is 18.6 Å². The van der Waals surface area contributed by atoms with Crippen LogP contribution >= 0.6 is 0 Å². The van der Waals surface area contributed by atoms with Gasteiger partial charge in [-0.2, -0.15) is 0 Å². The van der Waals surface area contributed by atoms with E-state index in [2.05, 4.69) is 9.97 Å². The number of amides is 1. The number of carbonyl (C=O) groups is 1. The summed E-state index contributed by atoms with van der Waals surface area (Å²) in [7, 11) is 1.61. The quantitative estimate of drug-likeness (QED) is 0.532. The van der Waals surface area contributed by atoms with Crippen molar-refractivity contribution in [1.29, 1.82) is 0 Å². The number of likely N-dealkylation sites (tertiary alicyclic amines) is 1. The van der Waals surface area contributed by atoms with Crippen LogP contribution in [0.3, 0.4) is 0 Å². The molecule has 2 atom stereocenters. The second-order valence-corrected chi connectivity index (χ2v) is 7.76. The summed E-state index contributed by atoms with van der Waals surface area (Å²) in [4.78, 5) is 22.2. The number of nitrogens with one attached hydrogen (secondary N) is 1. The maximum absolute atomic E-state index is 13.0. The van der Waals surface area contributed by atoms with Crippen molar-refractivity contribution in [3.05, 3.63) is 66.5 Å². The van der Waals surface area contributed by atoms with Gasteiger partial charge in [0.25, 0.3) is 5.91 Å². The number of pyridine rings is 1. The monoisotopic (exact) mass is 417 g/mol. The third kappa shape index (κ3) is 3.80. The first kappa shape index (κ1) is 19.4. The number of methoxy groups -OCH3 is 1. The number of nitrogens with zero attached hydrogens (tertiary/aromatic N) is 2. The van der Waals surface area contributed by atoms with Crippen molar-refractivity contribution < 1.29 is 19.4 Å². The topological polar surface area (TPSA) is 87.7 Å². The van der Waals surface area contributed by atoms with E-state index in [-0.39, 0.29) is 18.6 Å². The minimum Gasteiger partial charge on any atom is -0.497 e. The van der Waals surface area contributed by atoms with Crippen LogP contribution in [0.25, 0.3) is 21.8 Å². The summed E-state index contributed by atoms with van der Waals surface area (Å²) < 4.78 is 11.3. The maximum atomic E-state index is 13.0. The Morgan fingerprint density at radius 2 is 2.00 bits per heavy atom. The van der Waals surface area contributed by atoms with Gasteiger partial charge >= 0.3 is 0 Å². The Kier molecular flexibility index (Phi) is 4.95. The lowest BCUT2D eigenvalue weighted by Crippen LogP contribution is -2.51. The van der Waals surface area contributed by atoms with Gasteiger partial charge in [-0.05, 0) is 42.5 Å². The number of rotatable bonds is 4. The van der Waals surface area contributed by atoms with Crippen LogP contribution in [0.2, 0.25) is 0 Å². The molecule has 2 aromatic heterocycles. The molecule has 2 N–H and O–H groups in total. The SMILES string of the molecule is COc1ccc2[nH]c(C(=O)N3CC[C@@H](Oc4ccc5cccnc5c4)[C@H](O)C3)cc2c1. The molecule has 1 amide bonds. The smallest absolute Gasteiger partial charge is 0.270 e. The van der Waals surface area contributed by atoms with Crippen LogP contribution < -0.4 is 9.47 Å². The predicted molar refractivity (Wildman–Crippen MR) is 118 cm³/mol. The lowest BCUT2D eigenvalue weighted by atomic mass is 10.0. The average molecular weight is 417 g/mol. The zero-order chi connectivity index (χ0) is 21.4. The van der Waals surface area contributed by atoms with Crippen LogP contribution in [-0.2, 0) is 0 Å². The fraction of sp³-hybridized carbons (Fsp3) is 0.250. The number of hydrogen-bond donors (Lipinski definition) is 2. The van der Waals surface area contributed by atoms with E-state index in [4.69, 9.17) is 9.47 Å². The molecule has 7 heteroatoms. The second-order valence-electron chi connectivity index (χ2n) is 7.76.